The molecule has 184 valence electrons. The molecule has 5 rings (SSSR count). The molecule has 2 atom stereocenters. The molecule has 3 amide bonds. The lowest BCUT2D eigenvalue weighted by Gasteiger charge is -2.24. The smallest absolute Gasteiger partial charge is 0.274 e. The number of nitrogens with zero attached hydrogens (tertiary/aromatic N) is 4. The number of carbonyl (C=O) groups excluding carboxylic acids is 3. The lowest BCUT2D eigenvalue weighted by atomic mass is 10.1. The number of anilines is 1. The van der Waals surface area contributed by atoms with E-state index >= 15 is 0 Å². The number of nitrogens with one attached hydrogen (secondary N) is 2. The summed E-state index contributed by atoms with van der Waals surface area (Å²) >= 11 is 0.866. The van der Waals surface area contributed by atoms with E-state index in [1.54, 1.807) is 25.1 Å². The highest BCUT2D eigenvalue weighted by molar-refractivity contribution is 7.98. The molecule has 36 heavy (non-hydrogen) atoms. The molecule has 0 saturated carbocycles. The van der Waals surface area contributed by atoms with Crippen molar-refractivity contribution in [3.8, 4) is 0 Å². The lowest BCUT2D eigenvalue weighted by molar-refractivity contribution is -0.135. The number of carbonyl (C=O) groups is 3. The van der Waals surface area contributed by atoms with Gasteiger partial charge in [-0.2, -0.15) is 8.75 Å². The number of amides is 3. The minimum Gasteiger partial charge on any atom is -0.610 e. The number of aryl methyl sites for hydroxylation is 1. The fourth-order valence-electron chi connectivity index (χ4n) is 4.22. The zero-order chi connectivity index (χ0) is 25.6. The molecule has 3 heterocycles. The van der Waals surface area contributed by atoms with Gasteiger partial charge in [0.05, 0.1) is 38.5 Å². The summed E-state index contributed by atoms with van der Waals surface area (Å²) in [5, 5.41) is 4.74. The van der Waals surface area contributed by atoms with Crippen LogP contribution in [0, 0.1) is 6.92 Å². The van der Waals surface area contributed by atoms with Crippen LogP contribution in [0.4, 0.5) is 5.69 Å². The minimum absolute atomic E-state index is 0.0179. The van der Waals surface area contributed by atoms with Gasteiger partial charge in [0.15, 0.2) is 16.2 Å². The Labute approximate surface area is 208 Å². The summed E-state index contributed by atoms with van der Waals surface area (Å²) < 4.78 is 35.2. The Morgan fingerprint density at radius 3 is 2.72 bits per heavy atom. The molecule has 2 aromatic carbocycles. The molecule has 12 nitrogen and oxygen atoms in total. The van der Waals surface area contributed by atoms with Gasteiger partial charge in [-0.25, -0.2) is 4.98 Å². The van der Waals surface area contributed by atoms with Crippen molar-refractivity contribution in [3.63, 3.8) is 0 Å². The Balaban J connectivity index is 1.49. The van der Waals surface area contributed by atoms with Crippen LogP contribution in [0.25, 0.3) is 21.9 Å². The zero-order valence-electron chi connectivity index (χ0n) is 18.7. The maximum Gasteiger partial charge on any atom is 0.274 e. The molecular weight excluding hydrogens is 508 g/mol. The van der Waals surface area contributed by atoms with Crippen molar-refractivity contribution in [2.24, 2.45) is 0 Å². The van der Waals surface area contributed by atoms with Crippen LogP contribution in [0.1, 0.15) is 24.7 Å². The molecule has 0 radical (unpaired) electrons. The van der Waals surface area contributed by atoms with E-state index in [-0.39, 0.29) is 45.7 Å². The fourth-order valence-corrected chi connectivity index (χ4v) is 6.13. The molecule has 1 saturated heterocycles. The van der Waals surface area contributed by atoms with E-state index in [1.807, 2.05) is 0 Å². The van der Waals surface area contributed by atoms with Gasteiger partial charge in [-0.15, -0.1) is 4.21 Å². The van der Waals surface area contributed by atoms with Crippen molar-refractivity contribution in [1.82, 2.24) is 23.6 Å². The van der Waals surface area contributed by atoms with E-state index in [4.69, 9.17) is 0 Å². The van der Waals surface area contributed by atoms with Gasteiger partial charge in [-0.3, -0.25) is 29.1 Å². The van der Waals surface area contributed by atoms with Crippen molar-refractivity contribution in [2.45, 2.75) is 30.7 Å². The Morgan fingerprint density at radius 1 is 1.19 bits per heavy atom. The normalized spacial score (nSPS) is 17.7. The summed E-state index contributed by atoms with van der Waals surface area (Å²) in [5.41, 5.74) is 0.321. The van der Waals surface area contributed by atoms with Gasteiger partial charge in [0.25, 0.3) is 11.5 Å². The monoisotopic (exact) mass is 526 g/mol. The molecule has 4 aromatic rings. The number of fused-ring (bicyclic) bond motifs is 2. The maximum atomic E-state index is 13.5. The summed E-state index contributed by atoms with van der Waals surface area (Å²) in [5.74, 6) is -2.53. The van der Waals surface area contributed by atoms with Crippen molar-refractivity contribution >= 4 is 67.3 Å². The molecular formula is C22H18N6O6S2. The minimum atomic E-state index is -4.08. The third-order valence-electron chi connectivity index (χ3n) is 5.81. The number of imide groups is 1. The van der Waals surface area contributed by atoms with Crippen molar-refractivity contribution in [2.75, 3.05) is 11.1 Å². The summed E-state index contributed by atoms with van der Waals surface area (Å²) in [6.07, 6.45) is 0.195. The SMILES string of the molecule is Cc1nc2cccc(NC(=O)C[S+](=O)([O-])c3cccc4nsnc34)c2c(=O)n1C1CCC(=O)NC1=O. The van der Waals surface area contributed by atoms with Crippen LogP contribution in [-0.4, -0.2) is 46.3 Å². The Morgan fingerprint density at radius 2 is 1.94 bits per heavy atom. The van der Waals surface area contributed by atoms with Crippen molar-refractivity contribution in [3.05, 3.63) is 52.6 Å². The number of hydrogen-bond acceptors (Lipinski definition) is 10. The van der Waals surface area contributed by atoms with Crippen molar-refractivity contribution < 1.29 is 23.1 Å². The molecule has 2 unspecified atom stereocenters. The van der Waals surface area contributed by atoms with Crippen LogP contribution >= 0.6 is 11.7 Å². The van der Waals surface area contributed by atoms with Gasteiger partial charge in [0, 0.05) is 6.42 Å². The van der Waals surface area contributed by atoms with E-state index in [2.05, 4.69) is 24.4 Å². The molecule has 0 spiro atoms. The molecule has 1 fully saturated rings. The van der Waals surface area contributed by atoms with Crippen LogP contribution in [-0.2, 0) is 28.8 Å². The number of piperidine rings is 1. The predicted molar refractivity (Wildman–Crippen MR) is 130 cm³/mol. The number of rotatable bonds is 5. The third-order valence-corrected chi connectivity index (χ3v) is 7.99. The summed E-state index contributed by atoms with van der Waals surface area (Å²) in [7, 11) is -4.08. The molecule has 2 aromatic heterocycles. The number of benzene rings is 2. The van der Waals surface area contributed by atoms with E-state index < -0.39 is 45.3 Å². The Hall–Kier alpha value is -3.88. The summed E-state index contributed by atoms with van der Waals surface area (Å²) in [6.45, 7) is 1.57. The van der Waals surface area contributed by atoms with E-state index in [9.17, 15) is 27.9 Å². The average Bonchev–Trinajstić information content (AvgIpc) is 3.28. The maximum absolute atomic E-state index is 13.5. The highest BCUT2D eigenvalue weighted by Crippen LogP contribution is 2.27. The second kappa shape index (κ2) is 8.96. The van der Waals surface area contributed by atoms with Gasteiger partial charge < -0.3 is 9.87 Å². The highest BCUT2D eigenvalue weighted by atomic mass is 32.3. The number of sulfone groups is 1. The first kappa shape index (κ1) is 23.8. The van der Waals surface area contributed by atoms with Gasteiger partial charge in [-0.1, -0.05) is 12.1 Å². The van der Waals surface area contributed by atoms with E-state index in [0.717, 1.165) is 11.7 Å². The second-order valence-electron chi connectivity index (χ2n) is 8.20. The first-order chi connectivity index (χ1) is 17.2. The van der Waals surface area contributed by atoms with Gasteiger partial charge in [-0.05, 0) is 37.6 Å². The van der Waals surface area contributed by atoms with Crippen LogP contribution in [0.2, 0.25) is 0 Å². The topological polar surface area (TPSA) is 176 Å². The fraction of sp³-hybridized carbons (Fsp3) is 0.227. The molecule has 1 aliphatic rings. The Bertz CT molecular complexity index is 1680. The van der Waals surface area contributed by atoms with Gasteiger partial charge in [0.2, 0.25) is 11.8 Å². The Kier molecular flexibility index (Phi) is 5.94. The van der Waals surface area contributed by atoms with Crippen LogP contribution in [0.5, 0.6) is 0 Å². The standard InChI is InChI=1S/C22H18N6O6S2/c1-11-23-12-4-2-5-13(19(12)22(32)28(11)15-8-9-17(29)25-21(15)31)24-18(30)10-36(33,34)16-7-3-6-14-20(16)27-35-26-14/h2-7,15H,8-10H2,1H3,(H2-,24,25,29,30,31,32,33,34). The number of hydrogen-bond donors (Lipinski definition) is 2. The molecule has 2 N–H and O–H groups in total. The first-order valence-corrected chi connectivity index (χ1v) is 13.1. The van der Waals surface area contributed by atoms with Crippen LogP contribution < -0.4 is 16.2 Å². The zero-order valence-corrected chi connectivity index (χ0v) is 20.4. The van der Waals surface area contributed by atoms with Gasteiger partial charge in [0.1, 0.15) is 17.4 Å². The summed E-state index contributed by atoms with van der Waals surface area (Å²) in [6, 6.07) is 8.14. The molecule has 0 bridgehead atoms. The quantitative estimate of drug-likeness (QED) is 0.287. The predicted octanol–water partition coefficient (Wildman–Crippen LogP) is 1.31. The van der Waals surface area contributed by atoms with E-state index in [1.165, 1.54) is 22.8 Å². The largest absolute Gasteiger partial charge is 0.610 e. The molecule has 0 aliphatic carbocycles. The molecule has 1 aliphatic heterocycles. The highest BCUT2D eigenvalue weighted by Gasteiger charge is 2.32. The van der Waals surface area contributed by atoms with Crippen molar-refractivity contribution in [1.29, 1.82) is 0 Å². The van der Waals surface area contributed by atoms with Crippen LogP contribution in [0.3, 0.4) is 0 Å². The van der Waals surface area contributed by atoms with Gasteiger partial charge >= 0.3 is 0 Å². The lowest BCUT2D eigenvalue weighted by Crippen LogP contribution is -2.45. The average molecular weight is 527 g/mol. The number of aromatic nitrogens is 4. The molecule has 14 heteroatoms. The first-order valence-electron chi connectivity index (χ1n) is 10.7. The second-order valence-corrected chi connectivity index (χ2v) is 10.7. The van der Waals surface area contributed by atoms with Crippen LogP contribution in [0.15, 0.2) is 46.1 Å². The van der Waals surface area contributed by atoms with E-state index in [0.29, 0.717) is 5.52 Å². The third kappa shape index (κ3) is 4.19. The summed E-state index contributed by atoms with van der Waals surface area (Å²) in [4.78, 5) is 54.5.